The van der Waals surface area contributed by atoms with Gasteiger partial charge in [-0.1, -0.05) is 0 Å². The lowest BCUT2D eigenvalue weighted by Crippen LogP contribution is -2.14. The van der Waals surface area contributed by atoms with Crippen molar-refractivity contribution in [2.75, 3.05) is 4.72 Å². The quantitative estimate of drug-likeness (QED) is 0.566. The number of nitrogens with zero attached hydrogens (tertiary/aromatic N) is 1. The molecule has 0 atom stereocenters. The molecule has 2 N–H and O–H groups in total. The average Bonchev–Trinajstić information content (AvgIpc) is 3.22. The number of halogens is 2. The van der Waals surface area contributed by atoms with Gasteiger partial charge < -0.3 is 9.40 Å². The lowest BCUT2D eigenvalue weighted by atomic mass is 10.3. The summed E-state index contributed by atoms with van der Waals surface area (Å²) >= 11 is 0. The van der Waals surface area contributed by atoms with Gasteiger partial charge in [0.1, 0.15) is 16.5 Å². The number of imidazole rings is 1. The van der Waals surface area contributed by atoms with E-state index in [1.54, 1.807) is 18.2 Å². The summed E-state index contributed by atoms with van der Waals surface area (Å²) in [5.41, 5.74) is 1.37. The number of sulfonamides is 1. The number of rotatable bonds is 4. The van der Waals surface area contributed by atoms with Crippen molar-refractivity contribution in [2.24, 2.45) is 0 Å². The minimum absolute atomic E-state index is 0.205. The Morgan fingerprint density at radius 2 is 1.92 bits per heavy atom. The van der Waals surface area contributed by atoms with Crippen molar-refractivity contribution in [3.8, 4) is 11.6 Å². The summed E-state index contributed by atoms with van der Waals surface area (Å²) in [6, 6.07) is 10.3. The fourth-order valence-electron chi connectivity index (χ4n) is 2.51. The van der Waals surface area contributed by atoms with Gasteiger partial charge in [-0.25, -0.2) is 22.2 Å². The topological polar surface area (TPSA) is 88.0 Å². The molecule has 26 heavy (non-hydrogen) atoms. The van der Waals surface area contributed by atoms with Crippen LogP contribution in [0.1, 0.15) is 0 Å². The van der Waals surface area contributed by atoms with Gasteiger partial charge in [-0.05, 0) is 42.5 Å². The van der Waals surface area contributed by atoms with Gasteiger partial charge in [-0.15, -0.1) is 0 Å². The summed E-state index contributed by atoms with van der Waals surface area (Å²) in [5, 5.41) is 0. The van der Waals surface area contributed by atoms with Gasteiger partial charge in [0.05, 0.1) is 23.0 Å². The van der Waals surface area contributed by atoms with E-state index in [4.69, 9.17) is 4.42 Å². The van der Waals surface area contributed by atoms with Crippen LogP contribution in [0.5, 0.6) is 0 Å². The van der Waals surface area contributed by atoms with Crippen LogP contribution < -0.4 is 4.72 Å². The van der Waals surface area contributed by atoms with Crippen LogP contribution >= 0.6 is 0 Å². The molecule has 4 rings (SSSR count). The number of nitrogens with one attached hydrogen (secondary N) is 2. The summed E-state index contributed by atoms with van der Waals surface area (Å²) in [7, 11) is -4.21. The van der Waals surface area contributed by atoms with Gasteiger partial charge in [0.2, 0.25) is 0 Å². The van der Waals surface area contributed by atoms with Gasteiger partial charge in [0.25, 0.3) is 10.0 Å². The van der Waals surface area contributed by atoms with E-state index in [-0.39, 0.29) is 5.69 Å². The van der Waals surface area contributed by atoms with Gasteiger partial charge in [0.15, 0.2) is 11.6 Å². The number of anilines is 1. The summed E-state index contributed by atoms with van der Waals surface area (Å²) in [5.74, 6) is -0.989. The van der Waals surface area contributed by atoms with Gasteiger partial charge >= 0.3 is 0 Å². The van der Waals surface area contributed by atoms with Crippen molar-refractivity contribution in [3.63, 3.8) is 0 Å². The zero-order valence-electron chi connectivity index (χ0n) is 13.0. The molecule has 0 aliphatic rings. The first-order valence-corrected chi connectivity index (χ1v) is 8.92. The number of fused-ring (bicyclic) bond motifs is 1. The second kappa shape index (κ2) is 5.95. The van der Waals surface area contributed by atoms with Crippen LogP contribution in [0.15, 0.2) is 64.1 Å². The van der Waals surface area contributed by atoms with E-state index in [1.807, 2.05) is 0 Å². The van der Waals surface area contributed by atoms with Crippen LogP contribution in [-0.4, -0.2) is 18.4 Å². The lowest BCUT2D eigenvalue weighted by molar-refractivity contribution is 0.551. The predicted molar refractivity (Wildman–Crippen MR) is 91.0 cm³/mol. The number of furan rings is 1. The highest BCUT2D eigenvalue weighted by atomic mass is 32.2. The molecular formula is C17H11F2N3O3S. The molecule has 0 amide bonds. The molecule has 0 bridgehead atoms. The molecule has 2 aromatic carbocycles. The van der Waals surface area contributed by atoms with Crippen LogP contribution in [0.25, 0.3) is 22.6 Å². The average molecular weight is 375 g/mol. The molecule has 0 fully saturated rings. The highest BCUT2D eigenvalue weighted by Crippen LogP contribution is 2.25. The fourth-order valence-corrected chi connectivity index (χ4v) is 3.62. The largest absolute Gasteiger partial charge is 0.461 e. The van der Waals surface area contributed by atoms with Crippen LogP contribution in [0.4, 0.5) is 14.5 Å². The van der Waals surface area contributed by atoms with Crippen LogP contribution in [0, 0.1) is 11.6 Å². The van der Waals surface area contributed by atoms with Gasteiger partial charge in [-0.3, -0.25) is 4.72 Å². The Balaban J connectivity index is 1.68. The molecule has 9 heteroatoms. The van der Waals surface area contributed by atoms with E-state index < -0.39 is 26.6 Å². The number of aromatic nitrogens is 2. The van der Waals surface area contributed by atoms with Crippen molar-refractivity contribution in [3.05, 3.63) is 66.4 Å². The number of hydrogen-bond acceptors (Lipinski definition) is 4. The summed E-state index contributed by atoms with van der Waals surface area (Å²) in [6.07, 6.45) is 1.51. The molecule has 2 aromatic heterocycles. The first-order valence-electron chi connectivity index (χ1n) is 7.44. The van der Waals surface area contributed by atoms with E-state index in [9.17, 15) is 17.2 Å². The van der Waals surface area contributed by atoms with Crippen molar-refractivity contribution in [2.45, 2.75) is 4.90 Å². The molecule has 6 nitrogen and oxygen atoms in total. The smallest absolute Gasteiger partial charge is 0.264 e. The number of benzene rings is 2. The summed E-state index contributed by atoms with van der Waals surface area (Å²) < 4.78 is 59.0. The Labute approximate surface area is 146 Å². The molecule has 0 saturated heterocycles. The molecule has 0 spiro atoms. The molecule has 0 aliphatic carbocycles. The standard InChI is InChI=1S/C17H11F2N3O3S/c18-10-3-6-16(12(19)8-10)26(23,24)22-11-4-5-13-14(9-11)21-17(20-13)15-2-1-7-25-15/h1-9,22H,(H,20,21). The molecule has 4 aromatic rings. The Bertz CT molecular complexity index is 1200. The van der Waals surface area contributed by atoms with Crippen molar-refractivity contribution < 1.29 is 21.6 Å². The van der Waals surface area contributed by atoms with E-state index in [0.29, 0.717) is 28.7 Å². The minimum Gasteiger partial charge on any atom is -0.461 e. The molecule has 0 radical (unpaired) electrons. The van der Waals surface area contributed by atoms with E-state index >= 15 is 0 Å². The first-order chi connectivity index (χ1) is 12.4. The number of hydrogen-bond donors (Lipinski definition) is 2. The molecule has 0 aliphatic heterocycles. The summed E-state index contributed by atoms with van der Waals surface area (Å²) in [4.78, 5) is 6.73. The van der Waals surface area contributed by atoms with E-state index in [1.165, 1.54) is 18.4 Å². The predicted octanol–water partition coefficient (Wildman–Crippen LogP) is 3.90. The Morgan fingerprint density at radius 3 is 2.65 bits per heavy atom. The Morgan fingerprint density at radius 1 is 1.08 bits per heavy atom. The SMILES string of the molecule is O=S(=O)(Nc1ccc2nc(-c3ccco3)[nH]c2c1)c1ccc(F)cc1F. The first kappa shape index (κ1) is 16.3. The third kappa shape index (κ3) is 2.92. The Kier molecular flexibility index (Phi) is 3.73. The van der Waals surface area contributed by atoms with Gasteiger partial charge in [-0.2, -0.15) is 0 Å². The lowest BCUT2D eigenvalue weighted by Gasteiger charge is -2.09. The second-order valence-corrected chi connectivity index (χ2v) is 7.13. The van der Waals surface area contributed by atoms with Crippen molar-refractivity contribution in [1.29, 1.82) is 0 Å². The Hall–Kier alpha value is -3.20. The third-order valence-corrected chi connectivity index (χ3v) is 5.09. The molecule has 132 valence electrons. The van der Waals surface area contributed by atoms with Crippen LogP contribution in [-0.2, 0) is 10.0 Å². The van der Waals surface area contributed by atoms with E-state index in [0.717, 1.165) is 12.1 Å². The number of H-pyrrole nitrogens is 1. The molecular weight excluding hydrogens is 364 g/mol. The summed E-state index contributed by atoms with van der Waals surface area (Å²) in [6.45, 7) is 0. The maximum Gasteiger partial charge on any atom is 0.264 e. The van der Waals surface area contributed by atoms with Crippen LogP contribution in [0.3, 0.4) is 0 Å². The molecule has 2 heterocycles. The zero-order chi connectivity index (χ0) is 18.3. The maximum absolute atomic E-state index is 13.8. The fraction of sp³-hybridized carbons (Fsp3) is 0. The van der Waals surface area contributed by atoms with Gasteiger partial charge in [0, 0.05) is 6.07 Å². The van der Waals surface area contributed by atoms with E-state index in [2.05, 4.69) is 14.7 Å². The monoisotopic (exact) mass is 375 g/mol. The highest BCUT2D eigenvalue weighted by Gasteiger charge is 2.20. The minimum atomic E-state index is -4.21. The molecule has 0 saturated carbocycles. The highest BCUT2D eigenvalue weighted by molar-refractivity contribution is 7.92. The zero-order valence-corrected chi connectivity index (χ0v) is 13.8. The second-order valence-electron chi connectivity index (χ2n) is 5.47. The molecule has 0 unspecified atom stereocenters. The normalized spacial score (nSPS) is 11.8. The number of aromatic amines is 1. The van der Waals surface area contributed by atoms with Crippen molar-refractivity contribution >= 4 is 26.7 Å². The maximum atomic E-state index is 13.8. The third-order valence-electron chi connectivity index (χ3n) is 3.67. The van der Waals surface area contributed by atoms with Crippen LogP contribution in [0.2, 0.25) is 0 Å². The van der Waals surface area contributed by atoms with Crippen molar-refractivity contribution in [1.82, 2.24) is 9.97 Å².